The van der Waals surface area contributed by atoms with E-state index in [1.807, 2.05) is 37.3 Å². The number of amides is 1. The molecule has 1 aliphatic rings. The van der Waals surface area contributed by atoms with Gasteiger partial charge in [-0.25, -0.2) is 0 Å². The molecule has 0 aromatic heterocycles. The molecule has 4 nitrogen and oxygen atoms in total. The third-order valence-electron chi connectivity index (χ3n) is 4.50. The average Bonchev–Trinajstić information content (AvgIpc) is 2.64. The van der Waals surface area contributed by atoms with Gasteiger partial charge in [-0.2, -0.15) is 0 Å². The van der Waals surface area contributed by atoms with Crippen molar-refractivity contribution in [2.75, 3.05) is 37.6 Å². The molecule has 2 aromatic carbocycles. The number of anilines is 1. The summed E-state index contributed by atoms with van der Waals surface area (Å²) in [5, 5.41) is 3.62. The quantitative estimate of drug-likeness (QED) is 0.890. The van der Waals surface area contributed by atoms with E-state index in [9.17, 15) is 4.79 Å². The van der Waals surface area contributed by atoms with Crippen LogP contribution in [-0.4, -0.2) is 43.5 Å². The Hall–Kier alpha value is -2.04. The van der Waals surface area contributed by atoms with Crippen LogP contribution >= 0.6 is 11.6 Å². The number of nitrogens with one attached hydrogen (secondary N) is 1. The molecular formula is C20H24ClN3O. The molecule has 1 heterocycles. The van der Waals surface area contributed by atoms with Gasteiger partial charge in [0.1, 0.15) is 0 Å². The number of hydrogen-bond acceptors (Lipinski definition) is 3. The number of carbonyl (C=O) groups is 1. The van der Waals surface area contributed by atoms with Crippen LogP contribution in [0.15, 0.2) is 48.5 Å². The maximum Gasteiger partial charge on any atom is 0.251 e. The summed E-state index contributed by atoms with van der Waals surface area (Å²) in [6, 6.07) is 16.0. The molecule has 0 bridgehead atoms. The van der Waals surface area contributed by atoms with Gasteiger partial charge in [0.2, 0.25) is 0 Å². The van der Waals surface area contributed by atoms with Crippen molar-refractivity contribution in [3.63, 3.8) is 0 Å². The van der Waals surface area contributed by atoms with Gasteiger partial charge in [0.25, 0.3) is 5.91 Å². The minimum Gasteiger partial charge on any atom is -0.369 e. The fourth-order valence-corrected chi connectivity index (χ4v) is 3.27. The van der Waals surface area contributed by atoms with E-state index in [1.54, 1.807) is 0 Å². The topological polar surface area (TPSA) is 35.6 Å². The zero-order valence-electron chi connectivity index (χ0n) is 14.5. The minimum absolute atomic E-state index is 0.00286. The Labute approximate surface area is 154 Å². The first-order valence-electron chi connectivity index (χ1n) is 8.75. The summed E-state index contributed by atoms with van der Waals surface area (Å²) >= 11 is 5.96. The lowest BCUT2D eigenvalue weighted by Crippen LogP contribution is -2.45. The Morgan fingerprint density at radius 2 is 1.80 bits per heavy atom. The van der Waals surface area contributed by atoms with Crippen LogP contribution in [0.2, 0.25) is 5.02 Å². The molecule has 1 amide bonds. The molecule has 0 atom stereocenters. The molecule has 1 fully saturated rings. The molecular weight excluding hydrogens is 334 g/mol. The molecule has 3 rings (SSSR count). The first-order valence-corrected chi connectivity index (χ1v) is 9.13. The average molecular weight is 358 g/mol. The van der Waals surface area contributed by atoms with E-state index >= 15 is 0 Å². The number of carbonyl (C=O) groups excluding carboxylic acids is 1. The second-order valence-corrected chi connectivity index (χ2v) is 6.74. The summed E-state index contributed by atoms with van der Waals surface area (Å²) in [7, 11) is 0. The first-order chi connectivity index (χ1) is 12.2. The fraction of sp³-hybridized carbons (Fsp3) is 0.350. The summed E-state index contributed by atoms with van der Waals surface area (Å²) < 4.78 is 0. The van der Waals surface area contributed by atoms with E-state index in [0.29, 0.717) is 6.54 Å². The monoisotopic (exact) mass is 357 g/mol. The SMILES string of the molecule is CCNC(=O)c1cccc(CN2CCN(c3ccc(Cl)cc3)CC2)c1. The van der Waals surface area contributed by atoms with Gasteiger partial charge in [-0.3, -0.25) is 9.69 Å². The molecule has 0 aliphatic carbocycles. The molecule has 0 spiro atoms. The largest absolute Gasteiger partial charge is 0.369 e. The lowest BCUT2D eigenvalue weighted by Gasteiger charge is -2.36. The van der Waals surface area contributed by atoms with Gasteiger partial charge in [-0.1, -0.05) is 23.7 Å². The van der Waals surface area contributed by atoms with Crippen molar-refractivity contribution in [3.05, 3.63) is 64.7 Å². The number of nitrogens with zero attached hydrogens (tertiary/aromatic N) is 2. The minimum atomic E-state index is -0.00286. The normalized spacial score (nSPS) is 15.2. The molecule has 1 N–H and O–H groups in total. The summed E-state index contributed by atoms with van der Waals surface area (Å²) in [6.07, 6.45) is 0. The molecule has 0 radical (unpaired) electrons. The summed E-state index contributed by atoms with van der Waals surface area (Å²) in [4.78, 5) is 16.8. The maximum atomic E-state index is 12.0. The molecule has 0 unspecified atom stereocenters. The molecule has 1 aliphatic heterocycles. The van der Waals surface area contributed by atoms with Gasteiger partial charge in [0, 0.05) is 55.5 Å². The number of benzene rings is 2. The van der Waals surface area contributed by atoms with E-state index < -0.39 is 0 Å². The van der Waals surface area contributed by atoms with Gasteiger partial charge in [-0.15, -0.1) is 0 Å². The van der Waals surface area contributed by atoms with Crippen LogP contribution in [0.1, 0.15) is 22.8 Å². The Balaban J connectivity index is 1.56. The first kappa shape index (κ1) is 17.8. The van der Waals surface area contributed by atoms with Crippen molar-refractivity contribution in [2.24, 2.45) is 0 Å². The third kappa shape index (κ3) is 4.74. The van der Waals surface area contributed by atoms with Crippen molar-refractivity contribution < 1.29 is 4.79 Å². The molecule has 1 saturated heterocycles. The standard InChI is InChI=1S/C20H24ClN3O/c1-2-22-20(25)17-5-3-4-16(14-17)15-23-10-12-24(13-11-23)19-8-6-18(21)7-9-19/h3-9,14H,2,10-13,15H2,1H3,(H,22,25). The van der Waals surface area contributed by atoms with Gasteiger partial charge < -0.3 is 10.2 Å². The Kier molecular flexibility index (Phi) is 5.95. The van der Waals surface area contributed by atoms with Crippen LogP contribution < -0.4 is 10.2 Å². The Morgan fingerprint density at radius 1 is 1.08 bits per heavy atom. The van der Waals surface area contributed by atoms with Crippen LogP contribution in [0.3, 0.4) is 0 Å². The van der Waals surface area contributed by atoms with Crippen molar-refractivity contribution in [2.45, 2.75) is 13.5 Å². The predicted octanol–water partition coefficient (Wildman–Crippen LogP) is 3.41. The highest BCUT2D eigenvalue weighted by atomic mass is 35.5. The van der Waals surface area contributed by atoms with Crippen LogP contribution in [0.25, 0.3) is 0 Å². The van der Waals surface area contributed by atoms with Crippen molar-refractivity contribution in [1.82, 2.24) is 10.2 Å². The highest BCUT2D eigenvalue weighted by molar-refractivity contribution is 6.30. The fourth-order valence-electron chi connectivity index (χ4n) is 3.15. The number of piperazine rings is 1. The lowest BCUT2D eigenvalue weighted by atomic mass is 10.1. The lowest BCUT2D eigenvalue weighted by molar-refractivity contribution is 0.0955. The third-order valence-corrected chi connectivity index (χ3v) is 4.75. The molecule has 0 saturated carbocycles. The number of rotatable bonds is 5. The zero-order valence-corrected chi connectivity index (χ0v) is 15.3. The summed E-state index contributed by atoms with van der Waals surface area (Å²) in [5.41, 5.74) is 3.14. The van der Waals surface area contributed by atoms with E-state index in [1.165, 1.54) is 11.3 Å². The van der Waals surface area contributed by atoms with Crippen LogP contribution in [0.5, 0.6) is 0 Å². The van der Waals surface area contributed by atoms with E-state index in [4.69, 9.17) is 11.6 Å². The highest BCUT2D eigenvalue weighted by Gasteiger charge is 2.17. The maximum absolute atomic E-state index is 12.0. The second kappa shape index (κ2) is 8.37. The van der Waals surface area contributed by atoms with Gasteiger partial charge in [-0.05, 0) is 48.9 Å². The predicted molar refractivity (Wildman–Crippen MR) is 103 cm³/mol. The van der Waals surface area contributed by atoms with Crippen molar-refractivity contribution >= 4 is 23.2 Å². The molecule has 132 valence electrons. The highest BCUT2D eigenvalue weighted by Crippen LogP contribution is 2.20. The number of halogens is 1. The zero-order chi connectivity index (χ0) is 17.6. The molecule has 25 heavy (non-hydrogen) atoms. The van der Waals surface area contributed by atoms with Gasteiger partial charge in [0.05, 0.1) is 0 Å². The van der Waals surface area contributed by atoms with Crippen molar-refractivity contribution in [1.29, 1.82) is 0 Å². The van der Waals surface area contributed by atoms with Gasteiger partial charge >= 0.3 is 0 Å². The number of hydrogen-bond donors (Lipinski definition) is 1. The van der Waals surface area contributed by atoms with E-state index in [2.05, 4.69) is 33.3 Å². The van der Waals surface area contributed by atoms with Crippen molar-refractivity contribution in [3.8, 4) is 0 Å². The smallest absolute Gasteiger partial charge is 0.251 e. The Bertz CT molecular complexity index is 709. The summed E-state index contributed by atoms with van der Waals surface area (Å²) in [5.74, 6) is -0.00286. The Morgan fingerprint density at radius 3 is 2.48 bits per heavy atom. The van der Waals surface area contributed by atoms with Crippen LogP contribution in [0, 0.1) is 0 Å². The van der Waals surface area contributed by atoms with Crippen LogP contribution in [0.4, 0.5) is 5.69 Å². The second-order valence-electron chi connectivity index (χ2n) is 6.30. The molecule has 2 aromatic rings. The van der Waals surface area contributed by atoms with Crippen LogP contribution in [-0.2, 0) is 6.54 Å². The van der Waals surface area contributed by atoms with E-state index in [-0.39, 0.29) is 5.91 Å². The van der Waals surface area contributed by atoms with Gasteiger partial charge in [0.15, 0.2) is 0 Å². The molecule has 5 heteroatoms. The van der Waals surface area contributed by atoms with E-state index in [0.717, 1.165) is 43.3 Å². The summed E-state index contributed by atoms with van der Waals surface area (Å²) in [6.45, 7) is 7.47.